The first-order chi connectivity index (χ1) is 19.1. The average molecular weight is 583 g/mol. The molecule has 8 nitrogen and oxygen atoms in total. The number of aromatic nitrogens is 3. The molecule has 2 aromatic heterocycles. The Morgan fingerprint density at radius 3 is 2.65 bits per heavy atom. The summed E-state index contributed by atoms with van der Waals surface area (Å²) < 4.78 is 45.6. The molecule has 4 N–H and O–H groups in total. The summed E-state index contributed by atoms with van der Waals surface area (Å²) in [5.41, 5.74) is 10.1. The van der Waals surface area contributed by atoms with Crippen molar-refractivity contribution in [3.63, 3.8) is 0 Å². The Hall–Kier alpha value is -3.47. The Bertz CT molecular complexity index is 1720. The van der Waals surface area contributed by atoms with Crippen molar-refractivity contribution in [3.05, 3.63) is 82.7 Å². The summed E-state index contributed by atoms with van der Waals surface area (Å²) in [6, 6.07) is 11.3. The molecule has 1 unspecified atom stereocenters. The van der Waals surface area contributed by atoms with Gasteiger partial charge in [0, 0.05) is 22.5 Å². The van der Waals surface area contributed by atoms with Crippen LogP contribution in [-0.4, -0.2) is 35.9 Å². The summed E-state index contributed by atoms with van der Waals surface area (Å²) in [6.07, 6.45) is 6.74. The van der Waals surface area contributed by atoms with Gasteiger partial charge in [-0.05, 0) is 61.7 Å². The van der Waals surface area contributed by atoms with Crippen LogP contribution in [0.5, 0.6) is 0 Å². The highest BCUT2D eigenvalue weighted by Gasteiger charge is 2.25. The second-order valence-electron chi connectivity index (χ2n) is 10.3. The lowest BCUT2D eigenvalue weighted by Crippen LogP contribution is -2.26. The van der Waals surface area contributed by atoms with E-state index in [-0.39, 0.29) is 28.7 Å². The normalized spacial score (nSPS) is 15.9. The number of nitrogens with two attached hydrogens (primary N) is 1. The van der Waals surface area contributed by atoms with Crippen LogP contribution >= 0.6 is 11.6 Å². The van der Waals surface area contributed by atoms with Gasteiger partial charge in [0.25, 0.3) is 0 Å². The number of nitrogens with one attached hydrogen (secondary N) is 2. The number of nitrogens with zero attached hydrogens (tertiary/aromatic N) is 3. The van der Waals surface area contributed by atoms with Crippen molar-refractivity contribution in [2.75, 3.05) is 17.5 Å². The van der Waals surface area contributed by atoms with Crippen molar-refractivity contribution >= 4 is 44.2 Å². The maximum Gasteiger partial charge on any atom is 0.236 e. The van der Waals surface area contributed by atoms with Gasteiger partial charge in [-0.25, -0.2) is 22.8 Å². The molecule has 11 heteroatoms. The van der Waals surface area contributed by atoms with E-state index < -0.39 is 15.8 Å². The average Bonchev–Trinajstić information content (AvgIpc) is 3.32. The number of benzene rings is 2. The Morgan fingerprint density at radius 1 is 1.23 bits per heavy atom. The van der Waals surface area contributed by atoms with Crippen LogP contribution in [0, 0.1) is 5.82 Å². The van der Waals surface area contributed by atoms with Gasteiger partial charge in [-0.1, -0.05) is 49.7 Å². The van der Waals surface area contributed by atoms with E-state index in [9.17, 15) is 8.42 Å². The molecule has 0 fully saturated rings. The number of rotatable bonds is 8. The molecule has 0 spiro atoms. The summed E-state index contributed by atoms with van der Waals surface area (Å²) in [5, 5.41) is 3.67. The van der Waals surface area contributed by atoms with E-state index in [1.54, 1.807) is 30.5 Å². The molecule has 0 radical (unpaired) electrons. The second kappa shape index (κ2) is 11.2. The smallest absolute Gasteiger partial charge is 0.236 e. The number of anilines is 2. The molecule has 0 saturated carbocycles. The third kappa shape index (κ3) is 5.56. The molecule has 0 saturated heterocycles. The topological polar surface area (TPSA) is 114 Å². The maximum absolute atomic E-state index is 15.6. The first kappa shape index (κ1) is 28.1. The molecular weight excluding hydrogens is 551 g/mol. The van der Waals surface area contributed by atoms with Crippen LogP contribution in [0.1, 0.15) is 56.1 Å². The van der Waals surface area contributed by atoms with Crippen molar-refractivity contribution < 1.29 is 12.8 Å². The van der Waals surface area contributed by atoms with Crippen LogP contribution in [0.4, 0.5) is 15.9 Å². The standard InChI is InChI=1S/C29H32ClFN6O2S/c1-17(2)29-35-26(27-28(32)34-15-25(37(27)29)18-8-10-20(33-3)11-9-18)22-13-12-21(14-24(22)31)36-40(38,39)16-19-6-4-5-7-23(19)30/h4-8,12-15,17,20,33,36H,9-11,16H2,1-3H3,(H2,32,34). The molecule has 0 aliphatic heterocycles. The Labute approximate surface area is 238 Å². The number of hydrogen-bond acceptors (Lipinski definition) is 6. The molecule has 5 rings (SSSR count). The van der Waals surface area contributed by atoms with Crippen LogP contribution < -0.4 is 15.8 Å². The molecule has 210 valence electrons. The molecule has 40 heavy (non-hydrogen) atoms. The van der Waals surface area contributed by atoms with Crippen molar-refractivity contribution in [3.8, 4) is 11.3 Å². The third-order valence-electron chi connectivity index (χ3n) is 7.18. The monoisotopic (exact) mass is 582 g/mol. The molecule has 2 aromatic carbocycles. The first-order valence-electron chi connectivity index (χ1n) is 13.1. The molecule has 4 aromatic rings. The highest BCUT2D eigenvalue weighted by atomic mass is 35.5. The fraction of sp³-hybridized carbons (Fsp3) is 0.310. The minimum absolute atomic E-state index is 0.0232. The van der Waals surface area contributed by atoms with Gasteiger partial charge in [0.15, 0.2) is 0 Å². The Kier molecular flexibility index (Phi) is 7.85. The minimum Gasteiger partial charge on any atom is -0.382 e. The van der Waals surface area contributed by atoms with Gasteiger partial charge in [-0.15, -0.1) is 0 Å². The number of imidazole rings is 1. The highest BCUT2D eigenvalue weighted by molar-refractivity contribution is 7.91. The zero-order valence-corrected chi connectivity index (χ0v) is 24.2. The Morgan fingerprint density at radius 2 is 2.00 bits per heavy atom. The van der Waals surface area contributed by atoms with Crippen molar-refractivity contribution in [2.45, 2.75) is 50.8 Å². The van der Waals surface area contributed by atoms with Crippen LogP contribution in [0.3, 0.4) is 0 Å². The number of sulfonamides is 1. The number of hydrogen-bond donors (Lipinski definition) is 3. The van der Waals surface area contributed by atoms with E-state index in [0.717, 1.165) is 42.4 Å². The SMILES string of the molecule is CNC1CC=C(c2cnc(N)c3c(-c4ccc(NS(=O)(=O)Cc5ccccc5Cl)cc4F)nc(C(C)C)n23)CC1. The fourth-order valence-corrected chi connectivity index (χ4v) is 6.61. The lowest BCUT2D eigenvalue weighted by atomic mass is 9.93. The molecule has 0 amide bonds. The summed E-state index contributed by atoms with van der Waals surface area (Å²) in [6.45, 7) is 4.05. The van der Waals surface area contributed by atoms with E-state index in [2.05, 4.69) is 21.1 Å². The van der Waals surface area contributed by atoms with Crippen molar-refractivity contribution in [2.24, 2.45) is 0 Å². The van der Waals surface area contributed by atoms with Gasteiger partial charge in [0.05, 0.1) is 23.3 Å². The Balaban J connectivity index is 1.53. The van der Waals surface area contributed by atoms with Gasteiger partial charge in [0.1, 0.15) is 28.7 Å². The molecule has 1 aliphatic rings. The summed E-state index contributed by atoms with van der Waals surface area (Å²) in [4.78, 5) is 9.31. The summed E-state index contributed by atoms with van der Waals surface area (Å²) in [7, 11) is -1.87. The van der Waals surface area contributed by atoms with Gasteiger partial charge in [-0.2, -0.15) is 0 Å². The molecule has 2 heterocycles. The summed E-state index contributed by atoms with van der Waals surface area (Å²) >= 11 is 6.12. The predicted octanol–water partition coefficient (Wildman–Crippen LogP) is 5.99. The zero-order chi connectivity index (χ0) is 28.6. The maximum atomic E-state index is 15.6. The highest BCUT2D eigenvalue weighted by Crippen LogP contribution is 2.37. The van der Waals surface area contributed by atoms with E-state index in [1.165, 1.54) is 12.1 Å². The molecule has 1 atom stereocenters. The molecule has 1 aliphatic carbocycles. The van der Waals surface area contributed by atoms with Crippen LogP contribution in [0.25, 0.3) is 22.3 Å². The summed E-state index contributed by atoms with van der Waals surface area (Å²) in [5.74, 6) is 0.0399. The van der Waals surface area contributed by atoms with E-state index in [0.29, 0.717) is 27.8 Å². The number of nitrogen functional groups attached to an aromatic ring is 1. The lowest BCUT2D eigenvalue weighted by Gasteiger charge is -2.22. The minimum atomic E-state index is -3.84. The number of allylic oxidation sites excluding steroid dienone is 1. The first-order valence-corrected chi connectivity index (χ1v) is 15.2. The van der Waals surface area contributed by atoms with E-state index >= 15 is 4.39 Å². The zero-order valence-electron chi connectivity index (χ0n) is 22.6. The predicted molar refractivity (Wildman–Crippen MR) is 159 cm³/mol. The quantitative estimate of drug-likeness (QED) is 0.235. The lowest BCUT2D eigenvalue weighted by molar-refractivity contribution is 0.522. The van der Waals surface area contributed by atoms with E-state index in [1.807, 2.05) is 25.3 Å². The van der Waals surface area contributed by atoms with Crippen LogP contribution in [0.2, 0.25) is 5.02 Å². The number of halogens is 2. The number of fused-ring (bicyclic) bond motifs is 1. The van der Waals surface area contributed by atoms with Crippen molar-refractivity contribution in [1.82, 2.24) is 19.7 Å². The fourth-order valence-electron chi connectivity index (χ4n) is 5.10. The van der Waals surface area contributed by atoms with Gasteiger partial charge in [0.2, 0.25) is 10.0 Å². The van der Waals surface area contributed by atoms with Crippen LogP contribution in [-0.2, 0) is 15.8 Å². The third-order valence-corrected chi connectivity index (χ3v) is 8.78. The van der Waals surface area contributed by atoms with Gasteiger partial charge in [-0.3, -0.25) is 9.12 Å². The van der Waals surface area contributed by atoms with Gasteiger partial charge >= 0.3 is 0 Å². The second-order valence-corrected chi connectivity index (χ2v) is 12.5. The van der Waals surface area contributed by atoms with Gasteiger partial charge < -0.3 is 11.1 Å². The largest absolute Gasteiger partial charge is 0.382 e. The molecule has 0 bridgehead atoms. The van der Waals surface area contributed by atoms with Crippen LogP contribution in [0.15, 0.2) is 54.7 Å². The van der Waals surface area contributed by atoms with Crippen molar-refractivity contribution in [1.29, 1.82) is 0 Å². The van der Waals surface area contributed by atoms with E-state index in [4.69, 9.17) is 22.3 Å². The molecular formula is C29H32ClFN6O2S.